The molecule has 1 saturated carbocycles. The molecule has 4 rings (SSSR count). The number of methoxy groups -OCH3 is 1. The highest BCUT2D eigenvalue weighted by Crippen LogP contribution is 2.39. The SMILES string of the molecule is COC(=O)c1ccc(CNC(=O)c2cc(C3CC3)nn2-c2ccccc2)cc1. The molecule has 6 nitrogen and oxygen atoms in total. The van der Waals surface area contributed by atoms with Crippen molar-refractivity contribution in [2.45, 2.75) is 25.3 Å². The molecule has 2 aromatic carbocycles. The Kier molecular flexibility index (Phi) is 4.93. The van der Waals surface area contributed by atoms with E-state index >= 15 is 0 Å². The standard InChI is InChI=1S/C22H21N3O3/c1-28-22(27)17-9-7-15(8-10-17)14-23-21(26)20-13-19(16-11-12-16)24-25(20)18-5-3-2-4-6-18/h2-10,13,16H,11-12,14H2,1H3,(H,23,26). The third-order valence-electron chi connectivity index (χ3n) is 4.79. The fraction of sp³-hybridized carbons (Fsp3) is 0.227. The van der Waals surface area contributed by atoms with Crippen LogP contribution >= 0.6 is 0 Å². The Labute approximate surface area is 163 Å². The van der Waals surface area contributed by atoms with E-state index in [0.29, 0.717) is 23.7 Å². The maximum absolute atomic E-state index is 12.8. The molecule has 1 aliphatic carbocycles. The Morgan fingerprint density at radius 2 is 1.82 bits per heavy atom. The summed E-state index contributed by atoms with van der Waals surface area (Å²) in [5, 5.41) is 7.61. The number of hydrogen-bond donors (Lipinski definition) is 1. The average molecular weight is 375 g/mol. The largest absolute Gasteiger partial charge is 0.465 e. The molecule has 142 valence electrons. The van der Waals surface area contributed by atoms with Crippen molar-refractivity contribution in [1.82, 2.24) is 15.1 Å². The zero-order valence-corrected chi connectivity index (χ0v) is 15.6. The minimum absolute atomic E-state index is 0.180. The highest BCUT2D eigenvalue weighted by atomic mass is 16.5. The lowest BCUT2D eigenvalue weighted by Gasteiger charge is -2.09. The first-order valence-corrected chi connectivity index (χ1v) is 9.26. The summed E-state index contributed by atoms with van der Waals surface area (Å²) >= 11 is 0. The molecule has 0 radical (unpaired) electrons. The second-order valence-corrected chi connectivity index (χ2v) is 6.85. The van der Waals surface area contributed by atoms with Crippen molar-refractivity contribution in [1.29, 1.82) is 0 Å². The maximum atomic E-state index is 12.8. The van der Waals surface area contributed by atoms with Gasteiger partial charge in [-0.3, -0.25) is 4.79 Å². The van der Waals surface area contributed by atoms with E-state index in [-0.39, 0.29) is 11.9 Å². The molecule has 1 amide bonds. The van der Waals surface area contributed by atoms with Crippen LogP contribution in [0.15, 0.2) is 60.7 Å². The molecule has 1 aliphatic rings. The maximum Gasteiger partial charge on any atom is 0.337 e. The fourth-order valence-electron chi connectivity index (χ4n) is 3.06. The van der Waals surface area contributed by atoms with E-state index in [0.717, 1.165) is 29.8 Å². The van der Waals surface area contributed by atoms with Crippen molar-refractivity contribution in [3.63, 3.8) is 0 Å². The first kappa shape index (κ1) is 18.0. The van der Waals surface area contributed by atoms with Gasteiger partial charge < -0.3 is 10.1 Å². The molecule has 6 heteroatoms. The monoisotopic (exact) mass is 375 g/mol. The van der Waals surface area contributed by atoms with Crippen LogP contribution in [0.3, 0.4) is 0 Å². The summed E-state index contributed by atoms with van der Waals surface area (Å²) < 4.78 is 6.41. The lowest BCUT2D eigenvalue weighted by molar-refractivity contribution is 0.0600. The summed E-state index contributed by atoms with van der Waals surface area (Å²) in [6.45, 7) is 0.360. The van der Waals surface area contributed by atoms with E-state index in [2.05, 4.69) is 10.4 Å². The van der Waals surface area contributed by atoms with Crippen molar-refractivity contribution in [3.8, 4) is 5.69 Å². The second-order valence-electron chi connectivity index (χ2n) is 6.85. The summed E-state index contributed by atoms with van der Waals surface area (Å²) in [6, 6.07) is 18.5. The summed E-state index contributed by atoms with van der Waals surface area (Å²) in [5.41, 5.74) is 3.74. The Bertz CT molecular complexity index is 990. The highest BCUT2D eigenvalue weighted by Gasteiger charge is 2.29. The van der Waals surface area contributed by atoms with E-state index in [9.17, 15) is 9.59 Å². The highest BCUT2D eigenvalue weighted by molar-refractivity contribution is 5.93. The van der Waals surface area contributed by atoms with Gasteiger partial charge in [-0.2, -0.15) is 5.10 Å². The minimum atomic E-state index is -0.380. The number of benzene rings is 2. The van der Waals surface area contributed by atoms with Gasteiger partial charge in [0.2, 0.25) is 0 Å². The van der Waals surface area contributed by atoms with Crippen molar-refractivity contribution >= 4 is 11.9 Å². The lowest BCUT2D eigenvalue weighted by atomic mass is 10.1. The van der Waals surface area contributed by atoms with Gasteiger partial charge in [-0.1, -0.05) is 30.3 Å². The summed E-state index contributed by atoms with van der Waals surface area (Å²) in [6.07, 6.45) is 2.25. The molecule has 0 spiro atoms. The molecular weight excluding hydrogens is 354 g/mol. The van der Waals surface area contributed by atoms with Gasteiger partial charge in [0, 0.05) is 12.5 Å². The second kappa shape index (κ2) is 7.68. The zero-order valence-electron chi connectivity index (χ0n) is 15.6. The number of carbonyl (C=O) groups excluding carboxylic acids is 2. The number of para-hydroxylation sites is 1. The van der Waals surface area contributed by atoms with Gasteiger partial charge in [0.25, 0.3) is 5.91 Å². The number of ether oxygens (including phenoxy) is 1. The van der Waals surface area contributed by atoms with Gasteiger partial charge in [0.15, 0.2) is 0 Å². The quantitative estimate of drug-likeness (QED) is 0.670. The summed E-state index contributed by atoms with van der Waals surface area (Å²) in [4.78, 5) is 24.4. The van der Waals surface area contributed by atoms with E-state index in [1.807, 2.05) is 36.4 Å². The zero-order chi connectivity index (χ0) is 19.5. The van der Waals surface area contributed by atoms with E-state index in [1.165, 1.54) is 7.11 Å². The third-order valence-corrected chi connectivity index (χ3v) is 4.79. The number of hydrogen-bond acceptors (Lipinski definition) is 4. The van der Waals surface area contributed by atoms with Gasteiger partial charge in [-0.15, -0.1) is 0 Å². The number of nitrogens with one attached hydrogen (secondary N) is 1. The van der Waals surface area contributed by atoms with Crippen LogP contribution in [0.5, 0.6) is 0 Å². The minimum Gasteiger partial charge on any atom is -0.465 e. The Morgan fingerprint density at radius 3 is 2.46 bits per heavy atom. The van der Waals surface area contributed by atoms with E-state index in [4.69, 9.17) is 4.74 Å². The molecule has 0 bridgehead atoms. The Balaban J connectivity index is 1.51. The van der Waals surface area contributed by atoms with Crippen LogP contribution < -0.4 is 5.32 Å². The van der Waals surface area contributed by atoms with Crippen molar-refractivity contribution < 1.29 is 14.3 Å². The number of aromatic nitrogens is 2. The van der Waals surface area contributed by atoms with Crippen molar-refractivity contribution in [3.05, 3.63) is 83.2 Å². The number of carbonyl (C=O) groups is 2. The molecule has 1 fully saturated rings. The van der Waals surface area contributed by atoms with Crippen LogP contribution in [0.1, 0.15) is 50.9 Å². The lowest BCUT2D eigenvalue weighted by Crippen LogP contribution is -2.25. The Morgan fingerprint density at radius 1 is 1.11 bits per heavy atom. The fourth-order valence-corrected chi connectivity index (χ4v) is 3.06. The number of nitrogens with zero attached hydrogens (tertiary/aromatic N) is 2. The predicted octanol–water partition coefficient (Wildman–Crippen LogP) is 3.47. The smallest absolute Gasteiger partial charge is 0.337 e. The van der Waals surface area contributed by atoms with Crippen molar-refractivity contribution in [2.75, 3.05) is 7.11 Å². The third kappa shape index (κ3) is 3.81. The molecule has 0 aliphatic heterocycles. The van der Waals surface area contributed by atoms with Crippen LogP contribution in [0.25, 0.3) is 5.69 Å². The number of esters is 1. The van der Waals surface area contributed by atoms with Crippen LogP contribution in [0, 0.1) is 0 Å². The number of amides is 1. The summed E-state index contributed by atoms with van der Waals surface area (Å²) in [7, 11) is 1.35. The average Bonchev–Trinajstić information content (AvgIpc) is 3.50. The van der Waals surface area contributed by atoms with Gasteiger partial charge in [-0.05, 0) is 48.7 Å². The number of rotatable bonds is 6. The van der Waals surface area contributed by atoms with Gasteiger partial charge >= 0.3 is 5.97 Å². The van der Waals surface area contributed by atoms with Gasteiger partial charge in [-0.25, -0.2) is 9.48 Å². The predicted molar refractivity (Wildman–Crippen MR) is 104 cm³/mol. The molecule has 0 unspecified atom stereocenters. The normalized spacial score (nSPS) is 13.2. The summed E-state index contributed by atoms with van der Waals surface area (Å²) in [5.74, 6) is -0.0994. The molecule has 0 saturated heterocycles. The van der Waals surface area contributed by atoms with Gasteiger partial charge in [0.1, 0.15) is 5.69 Å². The molecule has 1 N–H and O–H groups in total. The van der Waals surface area contributed by atoms with Gasteiger partial charge in [0.05, 0.1) is 24.1 Å². The molecule has 0 atom stereocenters. The molecular formula is C22H21N3O3. The van der Waals surface area contributed by atoms with Crippen LogP contribution in [0.4, 0.5) is 0 Å². The Hall–Kier alpha value is -3.41. The molecule has 1 heterocycles. The van der Waals surface area contributed by atoms with Crippen LogP contribution in [0.2, 0.25) is 0 Å². The van der Waals surface area contributed by atoms with Crippen LogP contribution in [-0.2, 0) is 11.3 Å². The topological polar surface area (TPSA) is 73.2 Å². The van der Waals surface area contributed by atoms with E-state index < -0.39 is 0 Å². The van der Waals surface area contributed by atoms with E-state index in [1.54, 1.807) is 28.9 Å². The molecule has 1 aromatic heterocycles. The first-order chi connectivity index (χ1) is 13.7. The molecule has 28 heavy (non-hydrogen) atoms. The van der Waals surface area contributed by atoms with Crippen LogP contribution in [-0.4, -0.2) is 28.8 Å². The van der Waals surface area contributed by atoms with Crippen molar-refractivity contribution in [2.24, 2.45) is 0 Å². The molecule has 3 aromatic rings. The first-order valence-electron chi connectivity index (χ1n) is 9.26.